The second-order valence-corrected chi connectivity index (χ2v) is 8.08. The zero-order valence-corrected chi connectivity index (χ0v) is 14.0. The summed E-state index contributed by atoms with van der Waals surface area (Å²) in [4.78, 5) is 0.167. The number of aromatic hydroxyl groups is 1. The van der Waals surface area contributed by atoms with Crippen molar-refractivity contribution in [1.29, 1.82) is 0 Å². The Kier molecular flexibility index (Phi) is 4.20. The van der Waals surface area contributed by atoms with Crippen molar-refractivity contribution >= 4 is 15.7 Å². The highest BCUT2D eigenvalue weighted by atomic mass is 32.2. The minimum Gasteiger partial charge on any atom is -0.506 e. The molecule has 0 saturated heterocycles. The first-order chi connectivity index (χ1) is 10.1. The second-order valence-electron chi connectivity index (χ2n) is 6.40. The second kappa shape index (κ2) is 5.65. The molecular weight excluding hydrogens is 298 g/mol. The van der Waals surface area contributed by atoms with Gasteiger partial charge in [-0.3, -0.25) is 4.72 Å². The van der Waals surface area contributed by atoms with Crippen LogP contribution in [0.3, 0.4) is 0 Å². The van der Waals surface area contributed by atoms with E-state index in [-0.39, 0.29) is 21.7 Å². The highest BCUT2D eigenvalue weighted by Gasteiger charge is 2.18. The lowest BCUT2D eigenvalue weighted by molar-refractivity contribution is 0.477. The van der Waals surface area contributed by atoms with Gasteiger partial charge in [-0.25, -0.2) is 8.42 Å². The number of anilines is 1. The van der Waals surface area contributed by atoms with Gasteiger partial charge in [0.05, 0.1) is 10.6 Å². The van der Waals surface area contributed by atoms with Crippen LogP contribution in [0.2, 0.25) is 0 Å². The van der Waals surface area contributed by atoms with Crippen molar-refractivity contribution in [3.63, 3.8) is 0 Å². The molecule has 2 N–H and O–H groups in total. The number of rotatable bonds is 3. The van der Waals surface area contributed by atoms with Gasteiger partial charge in [0.2, 0.25) is 0 Å². The van der Waals surface area contributed by atoms with E-state index in [0.29, 0.717) is 0 Å². The van der Waals surface area contributed by atoms with Gasteiger partial charge in [-0.05, 0) is 47.7 Å². The lowest BCUT2D eigenvalue weighted by atomic mass is 9.87. The van der Waals surface area contributed by atoms with Crippen LogP contribution in [0.5, 0.6) is 5.75 Å². The van der Waals surface area contributed by atoms with Crippen LogP contribution in [0.1, 0.15) is 31.9 Å². The van der Waals surface area contributed by atoms with Gasteiger partial charge in [-0.2, -0.15) is 0 Å². The predicted molar refractivity (Wildman–Crippen MR) is 88.8 cm³/mol. The first-order valence-corrected chi connectivity index (χ1v) is 8.51. The molecule has 22 heavy (non-hydrogen) atoms. The maximum atomic E-state index is 12.4. The fourth-order valence-corrected chi connectivity index (χ4v) is 3.14. The lowest BCUT2D eigenvalue weighted by Gasteiger charge is -2.19. The van der Waals surface area contributed by atoms with E-state index >= 15 is 0 Å². The summed E-state index contributed by atoms with van der Waals surface area (Å²) in [5.41, 5.74) is 2.05. The number of benzene rings is 2. The van der Waals surface area contributed by atoms with Crippen LogP contribution in [-0.4, -0.2) is 13.5 Å². The van der Waals surface area contributed by atoms with Gasteiger partial charge in [-0.1, -0.05) is 39.0 Å². The molecule has 0 aliphatic heterocycles. The maximum absolute atomic E-state index is 12.4. The number of aryl methyl sites for hydroxylation is 1. The summed E-state index contributed by atoms with van der Waals surface area (Å²) in [5.74, 6) is -0.0881. The van der Waals surface area contributed by atoms with E-state index in [1.165, 1.54) is 6.07 Å². The summed E-state index contributed by atoms with van der Waals surface area (Å²) < 4.78 is 27.2. The van der Waals surface area contributed by atoms with Crippen molar-refractivity contribution in [2.45, 2.75) is 38.0 Å². The maximum Gasteiger partial charge on any atom is 0.262 e. The fourth-order valence-electron chi connectivity index (χ4n) is 2.07. The van der Waals surface area contributed by atoms with Crippen LogP contribution in [0, 0.1) is 6.92 Å². The molecule has 0 aromatic heterocycles. The third kappa shape index (κ3) is 3.60. The predicted octanol–water partition coefficient (Wildman–Crippen LogP) is 3.80. The minimum atomic E-state index is -3.72. The van der Waals surface area contributed by atoms with Crippen molar-refractivity contribution in [1.82, 2.24) is 0 Å². The summed E-state index contributed by atoms with van der Waals surface area (Å²) >= 11 is 0. The van der Waals surface area contributed by atoms with Gasteiger partial charge in [0.25, 0.3) is 10.0 Å². The molecule has 0 aliphatic rings. The fraction of sp³-hybridized carbons (Fsp3) is 0.294. The Morgan fingerprint density at radius 3 is 2.09 bits per heavy atom. The highest BCUT2D eigenvalue weighted by Crippen LogP contribution is 2.28. The average molecular weight is 319 g/mol. The Balaban J connectivity index is 2.31. The van der Waals surface area contributed by atoms with Gasteiger partial charge in [-0.15, -0.1) is 0 Å². The van der Waals surface area contributed by atoms with Gasteiger partial charge >= 0.3 is 0 Å². The van der Waals surface area contributed by atoms with Crippen molar-refractivity contribution in [2.24, 2.45) is 0 Å². The van der Waals surface area contributed by atoms with E-state index < -0.39 is 10.0 Å². The molecule has 4 nitrogen and oxygen atoms in total. The molecule has 2 aromatic carbocycles. The number of hydrogen-bond donors (Lipinski definition) is 2. The number of phenols is 1. The van der Waals surface area contributed by atoms with Crippen molar-refractivity contribution in [3.05, 3.63) is 53.6 Å². The summed E-state index contributed by atoms with van der Waals surface area (Å²) in [6.07, 6.45) is 0. The van der Waals surface area contributed by atoms with E-state index in [1.54, 1.807) is 24.3 Å². The molecule has 0 radical (unpaired) electrons. The van der Waals surface area contributed by atoms with Crippen LogP contribution in [0.25, 0.3) is 0 Å². The quantitative estimate of drug-likeness (QED) is 0.846. The Morgan fingerprint density at radius 2 is 1.59 bits per heavy atom. The van der Waals surface area contributed by atoms with E-state index in [2.05, 4.69) is 25.5 Å². The molecule has 2 aromatic rings. The Labute approximate surface area is 131 Å². The molecule has 0 saturated carbocycles. The number of hydrogen-bond acceptors (Lipinski definition) is 3. The third-order valence-corrected chi connectivity index (χ3v) is 4.81. The first-order valence-electron chi connectivity index (χ1n) is 7.02. The molecule has 0 spiro atoms. The van der Waals surface area contributed by atoms with Gasteiger partial charge in [0.1, 0.15) is 5.75 Å². The standard InChI is InChI=1S/C17H21NO3S/c1-12-5-10-15(16(19)11-12)18-22(20,21)14-8-6-13(7-9-14)17(2,3)4/h5-11,18-19H,1-4H3. The topological polar surface area (TPSA) is 66.4 Å². The van der Waals surface area contributed by atoms with E-state index in [0.717, 1.165) is 11.1 Å². The molecule has 0 unspecified atom stereocenters. The zero-order chi connectivity index (χ0) is 16.5. The Morgan fingerprint density at radius 1 is 1.00 bits per heavy atom. The summed E-state index contributed by atoms with van der Waals surface area (Å²) in [6.45, 7) is 8.03. The smallest absolute Gasteiger partial charge is 0.262 e. The van der Waals surface area contributed by atoms with Crippen LogP contribution in [0.4, 0.5) is 5.69 Å². The van der Waals surface area contributed by atoms with Gasteiger partial charge in [0, 0.05) is 0 Å². The number of sulfonamides is 1. The molecular formula is C17H21NO3S. The van der Waals surface area contributed by atoms with Crippen molar-refractivity contribution < 1.29 is 13.5 Å². The Hall–Kier alpha value is -2.01. The van der Waals surface area contributed by atoms with Crippen LogP contribution >= 0.6 is 0 Å². The number of phenolic OH excluding ortho intramolecular Hbond substituents is 1. The van der Waals surface area contributed by atoms with Crippen molar-refractivity contribution in [2.75, 3.05) is 4.72 Å². The molecule has 2 rings (SSSR count). The van der Waals surface area contributed by atoms with E-state index in [9.17, 15) is 13.5 Å². The van der Waals surface area contributed by atoms with Crippen LogP contribution in [-0.2, 0) is 15.4 Å². The summed E-state index contributed by atoms with van der Waals surface area (Å²) in [7, 11) is -3.72. The minimum absolute atomic E-state index is 0.0368. The summed E-state index contributed by atoms with van der Waals surface area (Å²) in [6, 6.07) is 11.6. The molecule has 0 aliphatic carbocycles. The van der Waals surface area contributed by atoms with Crippen LogP contribution in [0.15, 0.2) is 47.4 Å². The van der Waals surface area contributed by atoms with Gasteiger partial charge in [0.15, 0.2) is 0 Å². The largest absolute Gasteiger partial charge is 0.506 e. The monoisotopic (exact) mass is 319 g/mol. The molecule has 118 valence electrons. The zero-order valence-electron chi connectivity index (χ0n) is 13.2. The molecule has 0 heterocycles. The van der Waals surface area contributed by atoms with Crippen LogP contribution < -0.4 is 4.72 Å². The van der Waals surface area contributed by atoms with Crippen molar-refractivity contribution in [3.8, 4) is 5.75 Å². The van der Waals surface area contributed by atoms with E-state index in [1.807, 2.05) is 19.1 Å². The average Bonchev–Trinajstić information content (AvgIpc) is 2.41. The third-order valence-electron chi connectivity index (χ3n) is 3.43. The number of nitrogens with one attached hydrogen (secondary N) is 1. The molecule has 5 heteroatoms. The summed E-state index contributed by atoms with van der Waals surface area (Å²) in [5, 5.41) is 9.83. The molecule has 0 bridgehead atoms. The molecule has 0 atom stereocenters. The Bertz CT molecular complexity index is 773. The molecule has 0 fully saturated rings. The van der Waals surface area contributed by atoms with Gasteiger partial charge < -0.3 is 5.11 Å². The highest BCUT2D eigenvalue weighted by molar-refractivity contribution is 7.92. The molecule has 0 amide bonds. The SMILES string of the molecule is Cc1ccc(NS(=O)(=O)c2ccc(C(C)(C)C)cc2)c(O)c1. The normalized spacial score (nSPS) is 12.2. The lowest BCUT2D eigenvalue weighted by Crippen LogP contribution is -2.15. The van der Waals surface area contributed by atoms with E-state index in [4.69, 9.17) is 0 Å². The first kappa shape index (κ1) is 16.4.